The van der Waals surface area contributed by atoms with Gasteiger partial charge < -0.3 is 10.4 Å². The summed E-state index contributed by atoms with van der Waals surface area (Å²) in [5.41, 5.74) is -1.76. The lowest BCUT2D eigenvalue weighted by Gasteiger charge is -2.20. The highest BCUT2D eigenvalue weighted by atomic mass is 35.5. The Bertz CT molecular complexity index is 1030. The highest BCUT2D eigenvalue weighted by Gasteiger charge is 2.68. The molecule has 0 saturated carbocycles. The summed E-state index contributed by atoms with van der Waals surface area (Å²) in [5, 5.41) is 10.1. The van der Waals surface area contributed by atoms with E-state index in [0.29, 0.717) is 11.6 Å². The zero-order chi connectivity index (χ0) is 23.7. The largest absolute Gasteiger partial charge is 0.490 e. The molecule has 2 heterocycles. The average Bonchev–Trinajstić information content (AvgIpc) is 3.08. The second-order valence-electron chi connectivity index (χ2n) is 7.56. The van der Waals surface area contributed by atoms with E-state index in [1.807, 2.05) is 42.5 Å². The lowest BCUT2D eigenvalue weighted by Crippen LogP contribution is -2.47. The van der Waals surface area contributed by atoms with Crippen molar-refractivity contribution in [2.24, 2.45) is 0 Å². The number of carboxylic acid groups (broad SMARTS) is 1. The molecule has 2 aromatic rings. The molecule has 0 bridgehead atoms. The number of fused-ring (bicyclic) bond motifs is 1. The molecule has 0 aliphatic carbocycles. The number of carboxylic acids is 1. The van der Waals surface area contributed by atoms with Crippen LogP contribution in [0.15, 0.2) is 48.5 Å². The average molecular weight is 477 g/mol. The Morgan fingerprint density at radius 2 is 1.78 bits per heavy atom. The summed E-state index contributed by atoms with van der Waals surface area (Å²) in [6.45, 7) is -0.243. The van der Waals surface area contributed by atoms with Gasteiger partial charge in [0.1, 0.15) is 0 Å². The highest BCUT2D eigenvalue weighted by Crippen LogP contribution is 2.42. The molecule has 172 valence electrons. The molecule has 1 amide bonds. The molecule has 2 aliphatic rings. The predicted octanol–water partition coefficient (Wildman–Crippen LogP) is 4.00. The molecule has 2 fully saturated rings. The molecule has 5 nitrogen and oxygen atoms in total. The number of carbonyl (C=O) groups is 2. The Kier molecular flexibility index (Phi) is 6.48. The fraction of sp³-hybridized carbons (Fsp3) is 0.333. The minimum Gasteiger partial charge on any atom is -0.475 e. The van der Waals surface area contributed by atoms with Gasteiger partial charge in [-0.05, 0) is 28.8 Å². The van der Waals surface area contributed by atoms with Crippen LogP contribution in [0.3, 0.4) is 0 Å². The van der Waals surface area contributed by atoms with Crippen molar-refractivity contribution in [1.29, 1.82) is 0 Å². The van der Waals surface area contributed by atoms with E-state index >= 15 is 0 Å². The van der Waals surface area contributed by atoms with Crippen molar-refractivity contribution >= 4 is 23.5 Å². The normalized spacial score (nSPS) is 25.0. The third-order valence-electron chi connectivity index (χ3n) is 5.30. The van der Waals surface area contributed by atoms with Gasteiger partial charge in [0, 0.05) is 24.7 Å². The predicted molar refractivity (Wildman–Crippen MR) is 107 cm³/mol. The van der Waals surface area contributed by atoms with Crippen LogP contribution < -0.4 is 5.32 Å². The van der Waals surface area contributed by atoms with E-state index in [0.717, 1.165) is 16.7 Å². The van der Waals surface area contributed by atoms with E-state index in [4.69, 9.17) is 21.5 Å². The monoisotopic (exact) mass is 476 g/mol. The second-order valence-corrected chi connectivity index (χ2v) is 8.00. The minimum atomic E-state index is -5.08. The molecular weight excluding hydrogens is 459 g/mol. The first-order valence-corrected chi connectivity index (χ1v) is 9.76. The fourth-order valence-electron chi connectivity index (χ4n) is 3.77. The van der Waals surface area contributed by atoms with Crippen LogP contribution in [-0.4, -0.2) is 59.0 Å². The van der Waals surface area contributed by atoms with Gasteiger partial charge >= 0.3 is 12.1 Å². The number of nitrogens with one attached hydrogen (secondary N) is 1. The summed E-state index contributed by atoms with van der Waals surface area (Å²) in [6.07, 6.45) is -5.08. The summed E-state index contributed by atoms with van der Waals surface area (Å²) < 4.78 is 61.4. The quantitative estimate of drug-likeness (QED) is 0.657. The van der Waals surface area contributed by atoms with E-state index in [9.17, 15) is 26.7 Å². The Labute approximate surface area is 184 Å². The second kappa shape index (κ2) is 8.67. The number of carbonyl (C=O) groups excluding carboxylic acids is 1. The lowest BCUT2D eigenvalue weighted by atomic mass is 9.93. The van der Waals surface area contributed by atoms with Crippen LogP contribution in [0, 0.1) is 0 Å². The minimum absolute atomic E-state index is 0.105. The SMILES string of the molecule is O=C(O)C(F)(F)F.O=C1NC[C@@]2(F)CN(Cc3ccccc3-c3cccc(Cl)c3)C[C@@]12F. The first-order valence-electron chi connectivity index (χ1n) is 9.38. The van der Waals surface area contributed by atoms with Crippen molar-refractivity contribution in [3.05, 3.63) is 59.1 Å². The number of benzene rings is 2. The van der Waals surface area contributed by atoms with E-state index in [1.165, 1.54) is 0 Å². The molecule has 4 rings (SSSR count). The maximum absolute atomic E-state index is 14.9. The van der Waals surface area contributed by atoms with Gasteiger partial charge in [0.2, 0.25) is 5.67 Å². The molecule has 0 spiro atoms. The summed E-state index contributed by atoms with van der Waals surface area (Å²) in [4.78, 5) is 22.3. The number of hydrogen-bond donors (Lipinski definition) is 2. The van der Waals surface area contributed by atoms with Crippen molar-refractivity contribution in [2.75, 3.05) is 19.6 Å². The Morgan fingerprint density at radius 3 is 2.38 bits per heavy atom. The number of aliphatic carboxylic acids is 1. The summed E-state index contributed by atoms with van der Waals surface area (Å²) in [5.74, 6) is -3.60. The zero-order valence-corrected chi connectivity index (χ0v) is 17.2. The third kappa shape index (κ3) is 4.71. The van der Waals surface area contributed by atoms with E-state index in [2.05, 4.69) is 5.32 Å². The van der Waals surface area contributed by atoms with Gasteiger partial charge in [-0.25, -0.2) is 13.6 Å². The van der Waals surface area contributed by atoms with Crippen LogP contribution in [-0.2, 0) is 16.1 Å². The first kappa shape index (κ1) is 23.9. The molecule has 2 atom stereocenters. The van der Waals surface area contributed by atoms with Crippen molar-refractivity contribution in [3.63, 3.8) is 0 Å². The summed E-state index contributed by atoms with van der Waals surface area (Å²) in [6, 6.07) is 15.2. The number of amides is 1. The first-order chi connectivity index (χ1) is 14.9. The van der Waals surface area contributed by atoms with Crippen LogP contribution >= 0.6 is 11.6 Å². The highest BCUT2D eigenvalue weighted by molar-refractivity contribution is 6.30. The van der Waals surface area contributed by atoms with Crippen molar-refractivity contribution < 1.29 is 36.6 Å². The molecule has 2 saturated heterocycles. The van der Waals surface area contributed by atoms with Gasteiger partial charge in [-0.15, -0.1) is 0 Å². The fourth-order valence-corrected chi connectivity index (χ4v) is 3.96. The topological polar surface area (TPSA) is 69.6 Å². The van der Waals surface area contributed by atoms with Gasteiger partial charge in [0.25, 0.3) is 5.91 Å². The van der Waals surface area contributed by atoms with Crippen LogP contribution in [0.5, 0.6) is 0 Å². The van der Waals surface area contributed by atoms with Crippen LogP contribution in [0.2, 0.25) is 5.02 Å². The van der Waals surface area contributed by atoms with Gasteiger partial charge in [0.15, 0.2) is 5.67 Å². The summed E-state index contributed by atoms with van der Waals surface area (Å²) in [7, 11) is 0. The van der Waals surface area contributed by atoms with Gasteiger partial charge in [-0.3, -0.25) is 9.69 Å². The number of halogens is 6. The Balaban J connectivity index is 0.000000360. The molecule has 11 heteroatoms. The smallest absolute Gasteiger partial charge is 0.475 e. The van der Waals surface area contributed by atoms with Gasteiger partial charge in [0.05, 0.1) is 6.54 Å². The standard InChI is InChI=1S/C19H17ClF2N2O.C2HF3O2/c20-15-6-3-5-13(8-15)16-7-2-1-4-14(16)9-24-11-18(21)10-23-17(25)19(18,22)12-24;3-2(4,5)1(6)7/h1-8H,9-12H2,(H,23,25);(H,6,7)/t18-,19-;/m1./s1. The Morgan fingerprint density at radius 1 is 1.12 bits per heavy atom. The number of likely N-dealkylation sites (tertiary alicyclic amines) is 1. The van der Waals surface area contributed by atoms with Crippen LogP contribution in [0.4, 0.5) is 22.0 Å². The summed E-state index contributed by atoms with van der Waals surface area (Å²) >= 11 is 6.08. The number of alkyl halides is 5. The number of rotatable bonds is 3. The van der Waals surface area contributed by atoms with Crippen molar-refractivity contribution in [3.8, 4) is 11.1 Å². The maximum atomic E-state index is 14.9. The van der Waals surface area contributed by atoms with Gasteiger partial charge in [-0.2, -0.15) is 13.2 Å². The number of hydrogen-bond acceptors (Lipinski definition) is 3. The van der Waals surface area contributed by atoms with Crippen LogP contribution in [0.1, 0.15) is 5.56 Å². The number of nitrogens with zero attached hydrogens (tertiary/aromatic N) is 1. The van der Waals surface area contributed by atoms with Crippen LogP contribution in [0.25, 0.3) is 11.1 Å². The molecule has 2 aliphatic heterocycles. The molecular formula is C21H18ClF5N2O3. The van der Waals surface area contributed by atoms with E-state index in [-0.39, 0.29) is 19.6 Å². The van der Waals surface area contributed by atoms with E-state index < -0.39 is 29.4 Å². The molecule has 32 heavy (non-hydrogen) atoms. The Hall–Kier alpha value is -2.72. The lowest BCUT2D eigenvalue weighted by molar-refractivity contribution is -0.192. The molecule has 2 N–H and O–H groups in total. The third-order valence-corrected chi connectivity index (χ3v) is 5.54. The molecule has 0 radical (unpaired) electrons. The molecule has 0 aromatic heterocycles. The van der Waals surface area contributed by atoms with Crippen molar-refractivity contribution in [2.45, 2.75) is 24.1 Å². The van der Waals surface area contributed by atoms with Gasteiger partial charge in [-0.1, -0.05) is 48.0 Å². The van der Waals surface area contributed by atoms with E-state index in [1.54, 1.807) is 11.0 Å². The molecule has 0 unspecified atom stereocenters. The maximum Gasteiger partial charge on any atom is 0.490 e. The van der Waals surface area contributed by atoms with Crippen molar-refractivity contribution in [1.82, 2.24) is 10.2 Å². The molecule has 2 aromatic carbocycles. The zero-order valence-electron chi connectivity index (χ0n) is 16.4.